The number of nitrogens with one attached hydrogen (secondary N) is 1. The summed E-state index contributed by atoms with van der Waals surface area (Å²) in [5.74, 6) is 2.42. The molecule has 176 valence electrons. The van der Waals surface area contributed by atoms with E-state index >= 15 is 0 Å². The number of benzene rings is 1. The predicted molar refractivity (Wildman–Crippen MR) is 135 cm³/mol. The van der Waals surface area contributed by atoms with Gasteiger partial charge in [0.2, 0.25) is 0 Å². The third kappa shape index (κ3) is 8.74. The van der Waals surface area contributed by atoms with Crippen molar-refractivity contribution in [3.63, 3.8) is 0 Å². The highest BCUT2D eigenvalue weighted by atomic mass is 127. The Morgan fingerprint density at radius 3 is 2.35 bits per heavy atom. The molecular weight excluding hydrogens is 509 g/mol. The number of nitrogens with zero attached hydrogens (tertiary/aromatic N) is 2. The molecule has 1 aromatic rings. The van der Waals surface area contributed by atoms with Crippen LogP contribution in [0.15, 0.2) is 23.2 Å². The molecule has 1 aromatic carbocycles. The fourth-order valence-electron chi connectivity index (χ4n) is 3.55. The number of carbonyl (C=O) groups is 1. The van der Waals surface area contributed by atoms with Gasteiger partial charge in [-0.25, -0.2) is 0 Å². The van der Waals surface area contributed by atoms with Gasteiger partial charge in [-0.15, -0.1) is 24.0 Å². The van der Waals surface area contributed by atoms with Crippen LogP contribution in [0.3, 0.4) is 0 Å². The molecule has 0 amide bonds. The number of ether oxygens (including phenoxy) is 3. The Morgan fingerprint density at radius 1 is 1.06 bits per heavy atom. The van der Waals surface area contributed by atoms with Crippen molar-refractivity contribution < 1.29 is 19.0 Å². The van der Waals surface area contributed by atoms with Crippen LogP contribution in [0.1, 0.15) is 46.1 Å². The first-order valence-corrected chi connectivity index (χ1v) is 11.2. The van der Waals surface area contributed by atoms with Crippen molar-refractivity contribution in [3.05, 3.63) is 23.8 Å². The molecule has 1 saturated heterocycles. The fourth-order valence-corrected chi connectivity index (χ4v) is 3.55. The van der Waals surface area contributed by atoms with Crippen LogP contribution in [-0.4, -0.2) is 62.8 Å². The molecule has 2 rings (SSSR count). The number of rotatable bonds is 10. The number of likely N-dealkylation sites (tertiary alicyclic amines) is 1. The van der Waals surface area contributed by atoms with Crippen molar-refractivity contribution in [2.24, 2.45) is 10.9 Å². The standard InChI is InChI=1S/C23H37N3O4.HI/c1-5-24-23(26-15-12-19(13-16-26)22(27)30-8-4)25-14-11-18-9-10-20(28-6-2)21(17-18)29-7-3;/h9-10,17,19H,5-8,11-16H2,1-4H3,(H,24,25);1H. The number of guanidine groups is 1. The summed E-state index contributed by atoms with van der Waals surface area (Å²) in [5.41, 5.74) is 1.17. The normalized spacial score (nSPS) is 14.6. The lowest BCUT2D eigenvalue weighted by Gasteiger charge is -2.33. The summed E-state index contributed by atoms with van der Waals surface area (Å²) in [5, 5.41) is 3.38. The topological polar surface area (TPSA) is 72.4 Å². The Morgan fingerprint density at radius 2 is 1.74 bits per heavy atom. The van der Waals surface area contributed by atoms with Gasteiger partial charge < -0.3 is 24.4 Å². The van der Waals surface area contributed by atoms with Gasteiger partial charge in [-0.05, 0) is 64.7 Å². The second-order valence-electron chi connectivity index (χ2n) is 7.15. The van der Waals surface area contributed by atoms with Gasteiger partial charge in [0.15, 0.2) is 17.5 Å². The minimum atomic E-state index is -0.0697. The summed E-state index contributed by atoms with van der Waals surface area (Å²) in [6, 6.07) is 6.08. The molecule has 0 aliphatic carbocycles. The molecule has 0 spiro atoms. The van der Waals surface area contributed by atoms with Crippen LogP contribution in [0, 0.1) is 5.92 Å². The summed E-state index contributed by atoms with van der Waals surface area (Å²) in [6.07, 6.45) is 2.43. The number of piperidine rings is 1. The highest BCUT2D eigenvalue weighted by Gasteiger charge is 2.27. The van der Waals surface area contributed by atoms with Crippen molar-refractivity contribution in [2.45, 2.75) is 47.0 Å². The number of esters is 1. The Bertz CT molecular complexity index is 691. The molecule has 1 aliphatic rings. The van der Waals surface area contributed by atoms with Crippen LogP contribution < -0.4 is 14.8 Å². The molecule has 0 bridgehead atoms. The van der Waals surface area contributed by atoms with Crippen LogP contribution in [0.2, 0.25) is 0 Å². The molecule has 0 unspecified atom stereocenters. The zero-order valence-electron chi connectivity index (χ0n) is 19.3. The number of hydrogen-bond acceptors (Lipinski definition) is 5. The van der Waals surface area contributed by atoms with Crippen molar-refractivity contribution in [3.8, 4) is 11.5 Å². The molecule has 8 heteroatoms. The molecule has 7 nitrogen and oxygen atoms in total. The highest BCUT2D eigenvalue weighted by Crippen LogP contribution is 2.28. The van der Waals surface area contributed by atoms with E-state index < -0.39 is 0 Å². The maximum Gasteiger partial charge on any atom is 0.309 e. The Kier molecular flexibility index (Phi) is 13.4. The Hall–Kier alpha value is -1.71. The zero-order chi connectivity index (χ0) is 21.8. The van der Waals surface area contributed by atoms with Gasteiger partial charge in [0.25, 0.3) is 0 Å². The van der Waals surface area contributed by atoms with Crippen molar-refractivity contribution in [1.82, 2.24) is 10.2 Å². The van der Waals surface area contributed by atoms with E-state index in [1.807, 2.05) is 32.9 Å². The van der Waals surface area contributed by atoms with Gasteiger partial charge in [0.05, 0.1) is 25.7 Å². The van der Waals surface area contributed by atoms with E-state index in [9.17, 15) is 4.79 Å². The second kappa shape index (κ2) is 15.2. The van der Waals surface area contributed by atoms with E-state index in [-0.39, 0.29) is 35.9 Å². The first-order valence-electron chi connectivity index (χ1n) is 11.2. The smallest absolute Gasteiger partial charge is 0.309 e. The summed E-state index contributed by atoms with van der Waals surface area (Å²) in [7, 11) is 0. The molecule has 0 atom stereocenters. The lowest BCUT2D eigenvalue weighted by atomic mass is 9.97. The van der Waals surface area contributed by atoms with Gasteiger partial charge in [0, 0.05) is 26.2 Å². The van der Waals surface area contributed by atoms with E-state index in [0.29, 0.717) is 26.4 Å². The lowest BCUT2D eigenvalue weighted by Crippen LogP contribution is -2.46. The van der Waals surface area contributed by atoms with E-state index in [0.717, 1.165) is 56.4 Å². The first kappa shape index (κ1) is 27.3. The largest absolute Gasteiger partial charge is 0.490 e. The molecule has 1 heterocycles. The first-order chi connectivity index (χ1) is 14.6. The van der Waals surface area contributed by atoms with Gasteiger partial charge in [-0.3, -0.25) is 9.79 Å². The minimum Gasteiger partial charge on any atom is -0.490 e. The van der Waals surface area contributed by atoms with Crippen LogP contribution in [0.4, 0.5) is 0 Å². The van der Waals surface area contributed by atoms with Crippen LogP contribution in [0.25, 0.3) is 0 Å². The van der Waals surface area contributed by atoms with Gasteiger partial charge >= 0.3 is 5.97 Å². The third-order valence-corrected chi connectivity index (χ3v) is 5.02. The number of hydrogen-bond donors (Lipinski definition) is 1. The summed E-state index contributed by atoms with van der Waals surface area (Å²) in [6.45, 7) is 12.6. The summed E-state index contributed by atoms with van der Waals surface area (Å²) >= 11 is 0. The Labute approximate surface area is 203 Å². The van der Waals surface area contributed by atoms with Crippen LogP contribution in [0.5, 0.6) is 11.5 Å². The molecular formula is C23H38IN3O4. The van der Waals surface area contributed by atoms with Crippen molar-refractivity contribution >= 4 is 35.9 Å². The predicted octanol–water partition coefficient (Wildman–Crippen LogP) is 3.89. The van der Waals surface area contributed by atoms with E-state index in [1.54, 1.807) is 0 Å². The maximum absolute atomic E-state index is 12.0. The molecule has 1 aliphatic heterocycles. The quantitative estimate of drug-likeness (QED) is 0.208. The van der Waals surface area contributed by atoms with Gasteiger partial charge in [-0.2, -0.15) is 0 Å². The third-order valence-electron chi connectivity index (χ3n) is 5.02. The average Bonchev–Trinajstić information content (AvgIpc) is 2.75. The van der Waals surface area contributed by atoms with Crippen molar-refractivity contribution in [1.29, 1.82) is 0 Å². The Balaban J connectivity index is 0.00000480. The summed E-state index contributed by atoms with van der Waals surface area (Å²) in [4.78, 5) is 19.0. The molecule has 0 radical (unpaired) electrons. The monoisotopic (exact) mass is 547 g/mol. The minimum absolute atomic E-state index is 0. The fraction of sp³-hybridized carbons (Fsp3) is 0.652. The molecule has 1 fully saturated rings. The second-order valence-corrected chi connectivity index (χ2v) is 7.15. The SMILES string of the molecule is CCNC(=NCCc1ccc(OCC)c(OCC)c1)N1CCC(C(=O)OCC)CC1.I. The van der Waals surface area contributed by atoms with Crippen molar-refractivity contribution in [2.75, 3.05) is 46.0 Å². The van der Waals surface area contributed by atoms with E-state index in [4.69, 9.17) is 19.2 Å². The molecule has 1 N–H and O–H groups in total. The number of halogens is 1. The van der Waals surface area contributed by atoms with Gasteiger partial charge in [-0.1, -0.05) is 6.07 Å². The summed E-state index contributed by atoms with van der Waals surface area (Å²) < 4.78 is 16.5. The van der Waals surface area contributed by atoms with Gasteiger partial charge in [0.1, 0.15) is 0 Å². The molecule has 0 aromatic heterocycles. The van der Waals surface area contributed by atoms with E-state index in [2.05, 4.69) is 23.2 Å². The maximum atomic E-state index is 12.0. The van der Waals surface area contributed by atoms with Crippen LogP contribution >= 0.6 is 24.0 Å². The molecule has 31 heavy (non-hydrogen) atoms. The zero-order valence-corrected chi connectivity index (χ0v) is 21.6. The number of aliphatic imine (C=N–C) groups is 1. The van der Waals surface area contributed by atoms with E-state index in [1.165, 1.54) is 5.56 Å². The van der Waals surface area contributed by atoms with Crippen LogP contribution in [-0.2, 0) is 16.0 Å². The lowest BCUT2D eigenvalue weighted by molar-refractivity contribution is -0.149. The highest BCUT2D eigenvalue weighted by molar-refractivity contribution is 14.0. The average molecular weight is 547 g/mol. The number of carbonyl (C=O) groups excluding carboxylic acids is 1. The molecule has 0 saturated carbocycles.